The molecule has 0 N–H and O–H groups in total. The summed E-state index contributed by atoms with van der Waals surface area (Å²) in [5, 5.41) is 0. The third-order valence-corrected chi connectivity index (χ3v) is 5.90. The predicted molar refractivity (Wildman–Crippen MR) is 116 cm³/mol. The van der Waals surface area contributed by atoms with Gasteiger partial charge in [0.25, 0.3) is 0 Å². The maximum absolute atomic E-state index is 13.2. The lowest BCUT2D eigenvalue weighted by Crippen LogP contribution is -2.46. The topological polar surface area (TPSA) is 40.6 Å². The van der Waals surface area contributed by atoms with Gasteiger partial charge in [0, 0.05) is 31.6 Å². The van der Waals surface area contributed by atoms with Gasteiger partial charge in [-0.1, -0.05) is 54.6 Å². The van der Waals surface area contributed by atoms with Gasteiger partial charge in [0.2, 0.25) is 11.8 Å². The zero-order valence-electron chi connectivity index (χ0n) is 17.8. The molecular formula is C25H32N2O2. The van der Waals surface area contributed by atoms with E-state index >= 15 is 0 Å². The third kappa shape index (κ3) is 5.47. The van der Waals surface area contributed by atoms with Crippen LogP contribution in [0, 0.1) is 12.8 Å². The highest BCUT2D eigenvalue weighted by molar-refractivity contribution is 5.81. The molecule has 154 valence electrons. The Bertz CT molecular complexity index is 824. The molecule has 0 unspecified atom stereocenters. The molecule has 2 aromatic carbocycles. The number of hydrogen-bond acceptors (Lipinski definition) is 2. The maximum Gasteiger partial charge on any atom is 0.226 e. The molecule has 0 saturated carbocycles. The van der Waals surface area contributed by atoms with Crippen molar-refractivity contribution in [1.29, 1.82) is 0 Å². The van der Waals surface area contributed by atoms with E-state index in [2.05, 4.69) is 26.0 Å². The maximum atomic E-state index is 13.2. The number of hydrogen-bond donors (Lipinski definition) is 0. The van der Waals surface area contributed by atoms with Crippen LogP contribution in [-0.2, 0) is 22.6 Å². The molecule has 1 fully saturated rings. The lowest BCUT2D eigenvalue weighted by Gasteiger charge is -2.36. The van der Waals surface area contributed by atoms with Gasteiger partial charge in [0.15, 0.2) is 0 Å². The number of carbonyl (C=O) groups excluding carboxylic acids is 2. The Morgan fingerprint density at radius 2 is 1.62 bits per heavy atom. The quantitative estimate of drug-likeness (QED) is 0.739. The van der Waals surface area contributed by atoms with E-state index in [4.69, 9.17) is 0 Å². The number of likely N-dealkylation sites (tertiary alicyclic amines) is 1. The van der Waals surface area contributed by atoms with Crippen molar-refractivity contribution in [2.45, 2.75) is 52.6 Å². The Morgan fingerprint density at radius 3 is 2.24 bits per heavy atom. The van der Waals surface area contributed by atoms with E-state index in [0.29, 0.717) is 26.1 Å². The van der Waals surface area contributed by atoms with Crippen LogP contribution in [-0.4, -0.2) is 40.7 Å². The molecular weight excluding hydrogens is 360 g/mol. The van der Waals surface area contributed by atoms with Crippen molar-refractivity contribution in [2.24, 2.45) is 5.92 Å². The van der Waals surface area contributed by atoms with E-state index in [1.165, 1.54) is 0 Å². The van der Waals surface area contributed by atoms with Gasteiger partial charge in [-0.05, 0) is 50.3 Å². The largest absolute Gasteiger partial charge is 0.342 e. The van der Waals surface area contributed by atoms with Crippen molar-refractivity contribution >= 4 is 11.8 Å². The summed E-state index contributed by atoms with van der Waals surface area (Å²) in [6.45, 7) is 8.16. The Hall–Kier alpha value is -2.62. The number of rotatable bonds is 6. The highest BCUT2D eigenvalue weighted by Gasteiger charge is 2.31. The van der Waals surface area contributed by atoms with Crippen molar-refractivity contribution in [3.63, 3.8) is 0 Å². The van der Waals surface area contributed by atoms with Crippen LogP contribution in [0.25, 0.3) is 0 Å². The van der Waals surface area contributed by atoms with E-state index in [0.717, 1.165) is 29.5 Å². The van der Waals surface area contributed by atoms with Crippen LogP contribution in [0.3, 0.4) is 0 Å². The summed E-state index contributed by atoms with van der Waals surface area (Å²) in [5.74, 6) is 0.383. The summed E-state index contributed by atoms with van der Waals surface area (Å²) in [6.07, 6.45) is 1.93. The van der Waals surface area contributed by atoms with Gasteiger partial charge in [0.1, 0.15) is 0 Å². The molecule has 1 aliphatic rings. The van der Waals surface area contributed by atoms with Crippen molar-refractivity contribution < 1.29 is 9.59 Å². The van der Waals surface area contributed by atoms with Gasteiger partial charge < -0.3 is 9.80 Å². The minimum atomic E-state index is 0.00336. The van der Waals surface area contributed by atoms with Crippen molar-refractivity contribution in [1.82, 2.24) is 9.80 Å². The van der Waals surface area contributed by atoms with Crippen molar-refractivity contribution in [3.8, 4) is 0 Å². The molecule has 0 atom stereocenters. The first-order valence-electron chi connectivity index (χ1n) is 10.6. The molecule has 1 heterocycles. The van der Waals surface area contributed by atoms with Gasteiger partial charge in [-0.25, -0.2) is 0 Å². The Balaban J connectivity index is 1.56. The monoisotopic (exact) mass is 392 g/mol. The molecule has 29 heavy (non-hydrogen) atoms. The molecule has 4 heteroatoms. The van der Waals surface area contributed by atoms with E-state index < -0.39 is 0 Å². The van der Waals surface area contributed by atoms with Gasteiger partial charge in [-0.2, -0.15) is 0 Å². The third-order valence-electron chi connectivity index (χ3n) is 5.90. The van der Waals surface area contributed by atoms with Crippen LogP contribution < -0.4 is 0 Å². The lowest BCUT2D eigenvalue weighted by atomic mass is 9.94. The summed E-state index contributed by atoms with van der Waals surface area (Å²) in [4.78, 5) is 29.8. The average Bonchev–Trinajstić information content (AvgIpc) is 2.74. The zero-order valence-corrected chi connectivity index (χ0v) is 17.8. The highest BCUT2D eigenvalue weighted by atomic mass is 16.2. The molecule has 2 aromatic rings. The molecule has 0 aromatic heterocycles. The molecule has 0 radical (unpaired) electrons. The van der Waals surface area contributed by atoms with E-state index in [-0.39, 0.29) is 23.8 Å². The Kier molecular flexibility index (Phi) is 7.08. The predicted octanol–water partition coefficient (Wildman–Crippen LogP) is 4.21. The van der Waals surface area contributed by atoms with Crippen LogP contribution in [0.5, 0.6) is 0 Å². The second-order valence-corrected chi connectivity index (χ2v) is 8.30. The number of amides is 2. The van der Waals surface area contributed by atoms with E-state index in [9.17, 15) is 9.59 Å². The number of carbonyl (C=O) groups is 2. The van der Waals surface area contributed by atoms with E-state index in [1.54, 1.807) is 0 Å². The summed E-state index contributed by atoms with van der Waals surface area (Å²) < 4.78 is 0. The van der Waals surface area contributed by atoms with Gasteiger partial charge >= 0.3 is 0 Å². The average molecular weight is 393 g/mol. The molecule has 3 rings (SSSR count). The first-order chi connectivity index (χ1) is 14.0. The standard InChI is InChI=1S/C25H32N2O2/c1-19(2)27(18-21-10-5-4-6-11-21)25(29)22-13-15-26(16-14-22)24(28)17-23-12-8-7-9-20(23)3/h4-12,19,22H,13-18H2,1-3H3. The minimum absolute atomic E-state index is 0.00336. The fourth-order valence-corrected chi connectivity index (χ4v) is 3.99. The van der Waals surface area contributed by atoms with Gasteiger partial charge in [0.05, 0.1) is 6.42 Å². The van der Waals surface area contributed by atoms with Crippen LogP contribution >= 0.6 is 0 Å². The van der Waals surface area contributed by atoms with Gasteiger partial charge in [-0.3, -0.25) is 9.59 Å². The molecule has 0 aliphatic carbocycles. The minimum Gasteiger partial charge on any atom is -0.342 e. The summed E-state index contributed by atoms with van der Waals surface area (Å²) in [6, 6.07) is 18.3. The van der Waals surface area contributed by atoms with Crippen LogP contribution in [0.15, 0.2) is 54.6 Å². The number of nitrogens with zero attached hydrogens (tertiary/aromatic N) is 2. The fourth-order valence-electron chi connectivity index (χ4n) is 3.99. The second kappa shape index (κ2) is 9.73. The first kappa shape index (κ1) is 21.1. The van der Waals surface area contributed by atoms with Crippen LogP contribution in [0.4, 0.5) is 0 Å². The smallest absolute Gasteiger partial charge is 0.226 e. The molecule has 0 bridgehead atoms. The first-order valence-corrected chi connectivity index (χ1v) is 10.6. The Morgan fingerprint density at radius 1 is 1.00 bits per heavy atom. The molecule has 1 saturated heterocycles. The molecule has 4 nitrogen and oxygen atoms in total. The summed E-state index contributed by atoms with van der Waals surface area (Å²) in [5.41, 5.74) is 3.39. The molecule has 0 spiro atoms. The van der Waals surface area contributed by atoms with Crippen LogP contribution in [0.2, 0.25) is 0 Å². The molecule has 2 amide bonds. The highest BCUT2D eigenvalue weighted by Crippen LogP contribution is 2.23. The van der Waals surface area contributed by atoms with Crippen molar-refractivity contribution in [2.75, 3.05) is 13.1 Å². The van der Waals surface area contributed by atoms with Crippen molar-refractivity contribution in [3.05, 3.63) is 71.3 Å². The van der Waals surface area contributed by atoms with E-state index in [1.807, 2.05) is 59.2 Å². The normalized spacial score (nSPS) is 14.8. The molecule has 1 aliphatic heterocycles. The van der Waals surface area contributed by atoms with Gasteiger partial charge in [-0.15, -0.1) is 0 Å². The SMILES string of the molecule is Cc1ccccc1CC(=O)N1CCC(C(=O)N(Cc2ccccc2)C(C)C)CC1. The summed E-state index contributed by atoms with van der Waals surface area (Å²) >= 11 is 0. The summed E-state index contributed by atoms with van der Waals surface area (Å²) in [7, 11) is 0. The number of aryl methyl sites for hydroxylation is 1. The second-order valence-electron chi connectivity index (χ2n) is 8.30. The number of piperidine rings is 1. The Labute approximate surface area is 174 Å². The zero-order chi connectivity index (χ0) is 20.8. The van der Waals surface area contributed by atoms with Crippen LogP contribution in [0.1, 0.15) is 43.4 Å². The number of benzene rings is 2. The lowest BCUT2D eigenvalue weighted by molar-refractivity contribution is -0.142. The fraction of sp³-hybridized carbons (Fsp3) is 0.440.